The molecule has 0 spiro atoms. The Kier molecular flexibility index (Phi) is 1.03. The van der Waals surface area contributed by atoms with Gasteiger partial charge in [0.05, 0.1) is 0 Å². The van der Waals surface area contributed by atoms with Gasteiger partial charge in [-0.3, -0.25) is 0 Å². The molecule has 45 valence electrons. The number of rotatable bonds is 2. The summed E-state index contributed by atoms with van der Waals surface area (Å²) in [7, 11) is 0. The first kappa shape index (κ1) is 5.60. The van der Waals surface area contributed by atoms with Crippen molar-refractivity contribution < 1.29 is 9.53 Å². The lowest BCUT2D eigenvalue weighted by atomic mass is 10.2. The van der Waals surface area contributed by atoms with Gasteiger partial charge in [-0.25, -0.2) is 4.79 Å². The van der Waals surface area contributed by atoms with Crippen LogP contribution in [0.1, 0.15) is 20.3 Å². The van der Waals surface area contributed by atoms with Gasteiger partial charge in [-0.05, 0) is 6.42 Å². The fourth-order valence-electron chi connectivity index (χ4n) is 0.678. The molecule has 1 radical (unpaired) electrons. The molecule has 1 rings (SSSR count). The average molecular weight is 113 g/mol. The van der Waals surface area contributed by atoms with E-state index in [1.54, 1.807) is 0 Å². The molecule has 0 bridgehead atoms. The van der Waals surface area contributed by atoms with Gasteiger partial charge in [0.25, 0.3) is 0 Å². The van der Waals surface area contributed by atoms with Crippen molar-refractivity contribution in [1.29, 1.82) is 0 Å². The first-order valence-electron chi connectivity index (χ1n) is 2.69. The minimum absolute atomic E-state index is 0.139. The Labute approximate surface area is 48.8 Å². The summed E-state index contributed by atoms with van der Waals surface area (Å²) >= 11 is 0. The van der Waals surface area contributed by atoms with Crippen molar-refractivity contribution in [2.45, 2.75) is 26.4 Å². The standard InChI is InChI=1S/C6H9O2/c1-6(2)3-5(6)8-4-7/h5H,3H2,1-2H3. The highest BCUT2D eigenvalue weighted by Crippen LogP contribution is 2.46. The van der Waals surface area contributed by atoms with Crippen LogP contribution in [-0.4, -0.2) is 12.6 Å². The number of hydrogen-bond acceptors (Lipinski definition) is 2. The smallest absolute Gasteiger partial charge is 0.417 e. The van der Waals surface area contributed by atoms with Crippen LogP contribution in [0.15, 0.2) is 0 Å². The van der Waals surface area contributed by atoms with Crippen LogP contribution in [0.4, 0.5) is 0 Å². The van der Waals surface area contributed by atoms with E-state index < -0.39 is 0 Å². The van der Waals surface area contributed by atoms with Crippen LogP contribution >= 0.6 is 0 Å². The maximum atomic E-state index is 9.60. The molecule has 0 amide bonds. The SMILES string of the molecule is CC1(C)CC1O[C]=O. The van der Waals surface area contributed by atoms with Gasteiger partial charge in [0.1, 0.15) is 6.10 Å². The minimum Gasteiger partial charge on any atom is -0.453 e. The van der Waals surface area contributed by atoms with Crippen LogP contribution in [-0.2, 0) is 9.53 Å². The Hall–Kier alpha value is -0.530. The molecule has 0 aliphatic heterocycles. The van der Waals surface area contributed by atoms with E-state index in [2.05, 4.69) is 18.6 Å². The Balaban J connectivity index is 2.26. The second-order valence-electron chi connectivity index (χ2n) is 2.88. The molecule has 8 heavy (non-hydrogen) atoms. The Morgan fingerprint density at radius 2 is 2.25 bits per heavy atom. The number of ether oxygens (including phenoxy) is 1. The molecule has 0 aromatic heterocycles. The molecule has 1 unspecified atom stereocenters. The summed E-state index contributed by atoms with van der Waals surface area (Å²) in [6.45, 7) is 5.56. The van der Waals surface area contributed by atoms with E-state index in [0.717, 1.165) is 6.42 Å². The zero-order valence-corrected chi connectivity index (χ0v) is 5.10. The highest BCUT2D eigenvalue weighted by molar-refractivity contribution is 5.39. The normalized spacial score (nSPS) is 31.5. The first-order chi connectivity index (χ1) is 3.67. The van der Waals surface area contributed by atoms with E-state index in [1.165, 1.54) is 6.47 Å². The molecule has 2 heteroatoms. The van der Waals surface area contributed by atoms with Gasteiger partial charge in [-0.2, -0.15) is 0 Å². The third-order valence-electron chi connectivity index (χ3n) is 1.61. The topological polar surface area (TPSA) is 26.3 Å². The third-order valence-corrected chi connectivity index (χ3v) is 1.61. The molecule has 0 aromatic rings. The lowest BCUT2D eigenvalue weighted by Crippen LogP contribution is -1.98. The first-order valence-corrected chi connectivity index (χ1v) is 2.69. The van der Waals surface area contributed by atoms with Gasteiger partial charge < -0.3 is 4.74 Å². The molecule has 1 saturated carbocycles. The van der Waals surface area contributed by atoms with E-state index in [1.807, 2.05) is 0 Å². The monoisotopic (exact) mass is 113 g/mol. The molecule has 0 heterocycles. The molecule has 1 aliphatic carbocycles. The van der Waals surface area contributed by atoms with Gasteiger partial charge in [0.2, 0.25) is 0 Å². The van der Waals surface area contributed by atoms with Crippen molar-refractivity contribution in [3.05, 3.63) is 0 Å². The van der Waals surface area contributed by atoms with E-state index >= 15 is 0 Å². The van der Waals surface area contributed by atoms with Crippen molar-refractivity contribution in [2.75, 3.05) is 0 Å². The molecule has 1 aliphatic rings. The van der Waals surface area contributed by atoms with E-state index in [-0.39, 0.29) is 11.5 Å². The summed E-state index contributed by atoms with van der Waals surface area (Å²) in [4.78, 5) is 9.60. The van der Waals surface area contributed by atoms with Crippen LogP contribution in [0.2, 0.25) is 0 Å². The van der Waals surface area contributed by atoms with Gasteiger partial charge in [0, 0.05) is 5.41 Å². The number of hydrogen-bond donors (Lipinski definition) is 0. The maximum absolute atomic E-state index is 9.60. The molecule has 1 fully saturated rings. The average Bonchev–Trinajstić information content (AvgIpc) is 2.15. The van der Waals surface area contributed by atoms with E-state index in [0.29, 0.717) is 0 Å². The second-order valence-corrected chi connectivity index (χ2v) is 2.88. The van der Waals surface area contributed by atoms with Crippen molar-refractivity contribution in [3.8, 4) is 0 Å². The summed E-state index contributed by atoms with van der Waals surface area (Å²) in [5.41, 5.74) is 0.234. The van der Waals surface area contributed by atoms with Gasteiger partial charge in [-0.15, -0.1) is 0 Å². The maximum Gasteiger partial charge on any atom is 0.417 e. The highest BCUT2D eigenvalue weighted by atomic mass is 16.5. The lowest BCUT2D eigenvalue weighted by molar-refractivity contribution is 0.229. The fourth-order valence-corrected chi connectivity index (χ4v) is 0.678. The second kappa shape index (κ2) is 1.47. The Morgan fingerprint density at radius 1 is 1.75 bits per heavy atom. The summed E-state index contributed by atoms with van der Waals surface area (Å²) < 4.78 is 4.56. The predicted octanol–water partition coefficient (Wildman–Crippen LogP) is 0.869. The van der Waals surface area contributed by atoms with E-state index in [4.69, 9.17) is 0 Å². The van der Waals surface area contributed by atoms with Crippen molar-refractivity contribution in [3.63, 3.8) is 0 Å². The summed E-state index contributed by atoms with van der Waals surface area (Å²) in [5, 5.41) is 0. The van der Waals surface area contributed by atoms with Gasteiger partial charge in [-0.1, -0.05) is 13.8 Å². The highest BCUT2D eigenvalue weighted by Gasteiger charge is 2.48. The summed E-state index contributed by atoms with van der Waals surface area (Å²) in [6.07, 6.45) is 1.13. The van der Waals surface area contributed by atoms with Crippen molar-refractivity contribution in [1.82, 2.24) is 0 Å². The zero-order chi connectivity index (χ0) is 6.20. The third kappa shape index (κ3) is 0.831. The molecule has 1 atom stereocenters. The van der Waals surface area contributed by atoms with Gasteiger partial charge in [0.15, 0.2) is 0 Å². The number of carbonyl (C=O) groups excluding carboxylic acids is 1. The van der Waals surface area contributed by atoms with Crippen LogP contribution < -0.4 is 0 Å². The fraction of sp³-hybridized carbons (Fsp3) is 0.833. The summed E-state index contributed by atoms with van der Waals surface area (Å²) in [6, 6.07) is 0. The van der Waals surface area contributed by atoms with E-state index in [9.17, 15) is 4.79 Å². The van der Waals surface area contributed by atoms with Gasteiger partial charge >= 0.3 is 6.47 Å². The summed E-state index contributed by atoms with van der Waals surface area (Å²) in [5.74, 6) is 0. The molecule has 2 nitrogen and oxygen atoms in total. The lowest BCUT2D eigenvalue weighted by Gasteiger charge is -1.96. The van der Waals surface area contributed by atoms with Crippen LogP contribution in [0.3, 0.4) is 0 Å². The zero-order valence-electron chi connectivity index (χ0n) is 5.10. The molecule has 0 aromatic carbocycles. The Morgan fingerprint density at radius 3 is 2.38 bits per heavy atom. The van der Waals surface area contributed by atoms with Crippen molar-refractivity contribution >= 4 is 6.47 Å². The van der Waals surface area contributed by atoms with Crippen LogP contribution in [0, 0.1) is 5.41 Å². The molecule has 0 saturated heterocycles. The largest absolute Gasteiger partial charge is 0.453 e. The molecular weight excluding hydrogens is 104 g/mol. The molecule has 0 N–H and O–H groups in total. The van der Waals surface area contributed by atoms with Crippen LogP contribution in [0.5, 0.6) is 0 Å². The molecular formula is C6H9O2. The predicted molar refractivity (Wildman–Crippen MR) is 29.0 cm³/mol. The Bertz CT molecular complexity index is 107. The van der Waals surface area contributed by atoms with Crippen LogP contribution in [0.25, 0.3) is 0 Å². The van der Waals surface area contributed by atoms with Crippen molar-refractivity contribution in [2.24, 2.45) is 5.41 Å². The minimum atomic E-state index is 0.139. The quantitative estimate of drug-likeness (QED) is 0.531.